The number of imidazole rings is 1. The van der Waals surface area contributed by atoms with Crippen LogP contribution in [-0.2, 0) is 11.3 Å². The van der Waals surface area contributed by atoms with Crippen LogP contribution >= 0.6 is 0 Å². The van der Waals surface area contributed by atoms with Crippen molar-refractivity contribution in [1.82, 2.24) is 24.4 Å². The number of nitrogens with zero attached hydrogens (tertiary/aromatic N) is 6. The third kappa shape index (κ3) is 5.31. The van der Waals surface area contributed by atoms with Gasteiger partial charge in [0, 0.05) is 48.9 Å². The Morgan fingerprint density at radius 2 is 1.90 bits per heavy atom. The average molecular weight is 568 g/mol. The zero-order valence-corrected chi connectivity index (χ0v) is 23.5. The van der Waals surface area contributed by atoms with Crippen LogP contribution in [0.3, 0.4) is 0 Å². The minimum absolute atomic E-state index is 0.0304. The van der Waals surface area contributed by atoms with Crippen LogP contribution in [-0.4, -0.2) is 63.0 Å². The molecule has 0 aliphatic carbocycles. The highest BCUT2D eigenvalue weighted by Crippen LogP contribution is 2.41. The molecule has 0 radical (unpaired) electrons. The summed E-state index contributed by atoms with van der Waals surface area (Å²) >= 11 is 0. The average Bonchev–Trinajstić information content (AvgIpc) is 3.54. The van der Waals surface area contributed by atoms with Gasteiger partial charge in [0.15, 0.2) is 0 Å². The zero-order chi connectivity index (χ0) is 28.7. The number of hydrogen-bond acceptors (Lipinski definition) is 6. The second-order valence-corrected chi connectivity index (χ2v) is 11.5. The summed E-state index contributed by atoms with van der Waals surface area (Å²) in [4.78, 5) is 31.0. The molecule has 1 aromatic carbocycles. The van der Waals surface area contributed by atoms with Crippen LogP contribution in [0.1, 0.15) is 80.7 Å². The van der Waals surface area contributed by atoms with E-state index in [-0.39, 0.29) is 17.7 Å². The molecular formula is C30H36F3N7O. The fourth-order valence-electron chi connectivity index (χ4n) is 6.65. The molecule has 2 aromatic heterocycles. The lowest BCUT2D eigenvalue weighted by Crippen LogP contribution is -2.40. The van der Waals surface area contributed by atoms with E-state index in [1.54, 1.807) is 0 Å². The molecule has 218 valence electrons. The third-order valence-electron chi connectivity index (χ3n) is 9.00. The van der Waals surface area contributed by atoms with Crippen molar-refractivity contribution in [1.29, 1.82) is 0 Å². The van der Waals surface area contributed by atoms with E-state index >= 15 is 0 Å². The number of nitrogens with one attached hydrogen (secondary N) is 1. The molecule has 1 unspecified atom stereocenters. The molecule has 41 heavy (non-hydrogen) atoms. The lowest BCUT2D eigenvalue weighted by molar-refractivity contribution is -0.117. The van der Waals surface area contributed by atoms with Crippen molar-refractivity contribution in [2.75, 3.05) is 36.9 Å². The van der Waals surface area contributed by atoms with Gasteiger partial charge in [-0.1, -0.05) is 13.3 Å². The van der Waals surface area contributed by atoms with Gasteiger partial charge in [-0.25, -0.2) is 28.1 Å². The highest BCUT2D eigenvalue weighted by Gasteiger charge is 2.36. The van der Waals surface area contributed by atoms with Crippen LogP contribution in [0.5, 0.6) is 0 Å². The number of aromatic nitrogens is 4. The number of likely N-dealkylation sites (tertiary alicyclic amines) is 1. The molecule has 8 nitrogen and oxygen atoms in total. The summed E-state index contributed by atoms with van der Waals surface area (Å²) in [6.07, 6.45) is 6.38. The van der Waals surface area contributed by atoms with Gasteiger partial charge in [-0.05, 0) is 63.9 Å². The second-order valence-electron chi connectivity index (χ2n) is 11.5. The Hall–Kier alpha value is -3.47. The Labute approximate surface area is 238 Å². The van der Waals surface area contributed by atoms with Crippen LogP contribution < -0.4 is 10.2 Å². The van der Waals surface area contributed by atoms with E-state index in [1.165, 1.54) is 31.3 Å². The first-order valence-electron chi connectivity index (χ1n) is 14.6. The van der Waals surface area contributed by atoms with Gasteiger partial charge >= 0.3 is 0 Å². The quantitative estimate of drug-likeness (QED) is 0.393. The van der Waals surface area contributed by atoms with E-state index in [0.717, 1.165) is 68.7 Å². The molecule has 0 bridgehead atoms. The van der Waals surface area contributed by atoms with E-state index in [4.69, 9.17) is 4.98 Å². The van der Waals surface area contributed by atoms with Crippen molar-refractivity contribution in [3.8, 4) is 11.3 Å². The molecule has 2 fully saturated rings. The molecule has 11 heteroatoms. The number of piperidine rings is 2. The molecule has 3 aliphatic rings. The molecule has 5 heterocycles. The van der Waals surface area contributed by atoms with E-state index < -0.39 is 17.8 Å². The Bertz CT molecular complexity index is 1420. The van der Waals surface area contributed by atoms with E-state index in [1.807, 2.05) is 13.1 Å². The Balaban J connectivity index is 1.28. The van der Waals surface area contributed by atoms with Crippen LogP contribution in [0.15, 0.2) is 30.7 Å². The fourth-order valence-corrected chi connectivity index (χ4v) is 6.65. The molecule has 3 aromatic rings. The maximum Gasteiger partial charge on any atom is 0.266 e. The van der Waals surface area contributed by atoms with Crippen LogP contribution in [0.4, 0.5) is 24.8 Å². The van der Waals surface area contributed by atoms with E-state index in [0.29, 0.717) is 29.5 Å². The van der Waals surface area contributed by atoms with Crippen LogP contribution in [0.25, 0.3) is 11.3 Å². The number of alkyl halides is 2. The number of benzene rings is 1. The van der Waals surface area contributed by atoms with Crippen molar-refractivity contribution in [3.63, 3.8) is 0 Å². The number of hydrogen-bond donors (Lipinski definition) is 1. The predicted octanol–water partition coefficient (Wildman–Crippen LogP) is 5.73. The van der Waals surface area contributed by atoms with Crippen molar-refractivity contribution in [2.24, 2.45) is 0 Å². The van der Waals surface area contributed by atoms with Gasteiger partial charge in [0.05, 0.1) is 17.2 Å². The van der Waals surface area contributed by atoms with Crippen LogP contribution in [0.2, 0.25) is 0 Å². The van der Waals surface area contributed by atoms with Gasteiger partial charge in [-0.3, -0.25) is 4.79 Å². The molecule has 6 rings (SSSR count). The molecule has 2 saturated heterocycles. The fraction of sp³-hybridized carbons (Fsp3) is 0.533. The summed E-state index contributed by atoms with van der Waals surface area (Å²) in [5.74, 6) is 1.35. The van der Waals surface area contributed by atoms with Crippen LogP contribution in [0, 0.1) is 5.82 Å². The Kier molecular flexibility index (Phi) is 7.72. The molecule has 2 atom stereocenters. The van der Waals surface area contributed by atoms with Crippen molar-refractivity contribution in [2.45, 2.75) is 76.3 Å². The lowest BCUT2D eigenvalue weighted by Gasteiger charge is -2.35. The number of rotatable bonds is 7. The Morgan fingerprint density at radius 3 is 2.63 bits per heavy atom. The smallest absolute Gasteiger partial charge is 0.266 e. The molecule has 0 spiro atoms. The largest absolute Gasteiger partial charge is 0.356 e. The van der Waals surface area contributed by atoms with Gasteiger partial charge < -0.3 is 19.7 Å². The van der Waals surface area contributed by atoms with Gasteiger partial charge in [-0.2, -0.15) is 0 Å². The monoisotopic (exact) mass is 567 g/mol. The maximum absolute atomic E-state index is 14.0. The second kappa shape index (κ2) is 11.4. The summed E-state index contributed by atoms with van der Waals surface area (Å²) in [7, 11) is 2.15. The normalized spacial score (nSPS) is 21.9. The topological polar surface area (TPSA) is 79.2 Å². The summed E-state index contributed by atoms with van der Waals surface area (Å²) in [5, 5.41) is 2.89. The van der Waals surface area contributed by atoms with Crippen molar-refractivity contribution in [3.05, 3.63) is 53.5 Å². The highest BCUT2D eigenvalue weighted by atomic mass is 19.3. The predicted molar refractivity (Wildman–Crippen MR) is 151 cm³/mol. The van der Waals surface area contributed by atoms with Gasteiger partial charge in [0.1, 0.15) is 29.6 Å². The summed E-state index contributed by atoms with van der Waals surface area (Å²) in [6.45, 7) is 5.31. The number of anilines is 2. The summed E-state index contributed by atoms with van der Waals surface area (Å²) in [5.41, 5.74) is 1.37. The molecule has 1 N–H and O–H groups in total. The third-order valence-corrected chi connectivity index (χ3v) is 9.00. The SMILES string of the molecule is CCC1C(=O)Nc2ncnc(N3CCC(c4nc(-c5ccc(F)c(C(F)F)c5)cn4C[C@H]4CCCCN4C)CC3)c21. The number of likely N-dealkylation sites (N-methyl/N-ethyl adjacent to an activating group) is 1. The molecule has 3 aliphatic heterocycles. The molecule has 0 saturated carbocycles. The van der Waals surface area contributed by atoms with E-state index in [2.05, 4.69) is 36.7 Å². The number of carbonyl (C=O) groups excluding carboxylic acids is 1. The van der Waals surface area contributed by atoms with Crippen molar-refractivity contribution < 1.29 is 18.0 Å². The first kappa shape index (κ1) is 27.7. The minimum atomic E-state index is -2.89. The summed E-state index contributed by atoms with van der Waals surface area (Å²) < 4.78 is 43.2. The van der Waals surface area contributed by atoms with Crippen molar-refractivity contribution >= 4 is 17.5 Å². The van der Waals surface area contributed by atoms with Gasteiger partial charge in [-0.15, -0.1) is 0 Å². The highest BCUT2D eigenvalue weighted by molar-refractivity contribution is 6.03. The van der Waals surface area contributed by atoms with E-state index in [9.17, 15) is 18.0 Å². The lowest BCUT2D eigenvalue weighted by atomic mass is 9.94. The van der Waals surface area contributed by atoms with Gasteiger partial charge in [0.25, 0.3) is 6.43 Å². The zero-order valence-electron chi connectivity index (χ0n) is 23.5. The summed E-state index contributed by atoms with van der Waals surface area (Å²) in [6, 6.07) is 4.23. The number of halogens is 3. The Morgan fingerprint density at radius 1 is 1.10 bits per heavy atom. The van der Waals surface area contributed by atoms with Gasteiger partial charge in [0.2, 0.25) is 5.91 Å². The number of fused-ring (bicyclic) bond motifs is 1. The maximum atomic E-state index is 14.0. The first-order chi connectivity index (χ1) is 19.8. The molecular weight excluding hydrogens is 531 g/mol. The number of carbonyl (C=O) groups is 1. The number of amides is 1. The minimum Gasteiger partial charge on any atom is -0.356 e. The first-order valence-corrected chi connectivity index (χ1v) is 14.6. The molecule has 1 amide bonds. The standard InChI is InChI=1S/C30H36F3N7O/c1-3-21-25-27(37-30(21)41)34-17-35-29(25)39-12-9-18(10-13-39)28-36-24(19-7-8-23(31)22(14-19)26(32)33)16-40(28)15-20-6-4-5-11-38(20)2/h7-8,14,16-18,20-21,26H,3-6,9-13,15H2,1-2H3,(H,34,35,37,41)/t20-,21?/m1/s1.